The van der Waals surface area contributed by atoms with Crippen LogP contribution in [0.15, 0.2) is 28.7 Å². The van der Waals surface area contributed by atoms with Gasteiger partial charge in [-0.1, -0.05) is 15.9 Å². The summed E-state index contributed by atoms with van der Waals surface area (Å²) in [7, 11) is 0. The van der Waals surface area contributed by atoms with Gasteiger partial charge in [-0.25, -0.2) is 0 Å². The standard InChI is InChI=1S/C16H18BrNOS/c17-13-1-2-16-12(7-13)8-14(20-16)10-19-15-9-18-5-3-11(15)4-6-18/h1-2,7-8,11,15H,3-6,9-10H2/t15-/m1/s1. The molecule has 4 heterocycles. The van der Waals surface area contributed by atoms with Gasteiger partial charge in [-0.15, -0.1) is 11.3 Å². The van der Waals surface area contributed by atoms with Crippen LogP contribution in [0.3, 0.4) is 0 Å². The van der Waals surface area contributed by atoms with E-state index >= 15 is 0 Å². The van der Waals surface area contributed by atoms with Gasteiger partial charge in [0, 0.05) is 20.6 Å². The highest BCUT2D eigenvalue weighted by molar-refractivity contribution is 9.10. The van der Waals surface area contributed by atoms with E-state index in [1.54, 1.807) is 0 Å². The van der Waals surface area contributed by atoms with Crippen LogP contribution in [-0.2, 0) is 11.3 Å². The Balaban J connectivity index is 1.45. The summed E-state index contributed by atoms with van der Waals surface area (Å²) in [4.78, 5) is 3.89. The SMILES string of the molecule is Brc1ccc2sc(CO[C@@H]3CN4CCC3CC4)cc2c1. The van der Waals surface area contributed by atoms with Gasteiger partial charge in [0.05, 0.1) is 12.7 Å². The minimum atomic E-state index is 0.453. The van der Waals surface area contributed by atoms with Crippen molar-refractivity contribution in [2.24, 2.45) is 5.92 Å². The number of piperidine rings is 3. The lowest BCUT2D eigenvalue weighted by Gasteiger charge is -2.44. The first-order valence-corrected chi connectivity index (χ1v) is 8.91. The lowest BCUT2D eigenvalue weighted by atomic mass is 9.86. The lowest BCUT2D eigenvalue weighted by Crippen LogP contribution is -2.51. The average molecular weight is 352 g/mol. The highest BCUT2D eigenvalue weighted by Crippen LogP contribution is 2.32. The first kappa shape index (κ1) is 13.3. The molecule has 4 heteroatoms. The molecule has 0 radical (unpaired) electrons. The molecular formula is C16H18BrNOS. The molecule has 0 spiro atoms. The molecule has 1 atom stereocenters. The van der Waals surface area contributed by atoms with Gasteiger partial charge in [0.25, 0.3) is 0 Å². The largest absolute Gasteiger partial charge is 0.371 e. The molecule has 5 rings (SSSR count). The zero-order valence-electron chi connectivity index (χ0n) is 11.3. The van der Waals surface area contributed by atoms with E-state index in [9.17, 15) is 0 Å². The Morgan fingerprint density at radius 3 is 2.85 bits per heavy atom. The Hall–Kier alpha value is -0.420. The average Bonchev–Trinajstić information content (AvgIpc) is 2.88. The predicted molar refractivity (Wildman–Crippen MR) is 87.3 cm³/mol. The number of benzene rings is 1. The molecule has 0 saturated carbocycles. The summed E-state index contributed by atoms with van der Waals surface area (Å²) in [6.07, 6.45) is 3.10. The summed E-state index contributed by atoms with van der Waals surface area (Å²) in [6.45, 7) is 4.47. The molecule has 2 aromatic rings. The Kier molecular flexibility index (Phi) is 3.59. The van der Waals surface area contributed by atoms with Crippen LogP contribution in [0.1, 0.15) is 17.7 Å². The third kappa shape index (κ3) is 2.54. The van der Waals surface area contributed by atoms with Gasteiger partial charge in [-0.05, 0) is 61.5 Å². The van der Waals surface area contributed by atoms with E-state index in [1.165, 1.54) is 40.9 Å². The molecule has 0 amide bonds. The molecule has 3 aliphatic heterocycles. The van der Waals surface area contributed by atoms with Crippen molar-refractivity contribution in [3.63, 3.8) is 0 Å². The van der Waals surface area contributed by atoms with Crippen molar-refractivity contribution in [2.75, 3.05) is 19.6 Å². The Labute approximate surface area is 131 Å². The zero-order chi connectivity index (χ0) is 13.5. The number of halogens is 1. The third-order valence-corrected chi connectivity index (χ3v) is 6.15. The van der Waals surface area contributed by atoms with Crippen molar-refractivity contribution < 1.29 is 4.74 Å². The fourth-order valence-corrected chi connectivity index (χ4v) is 4.78. The van der Waals surface area contributed by atoms with Crippen molar-refractivity contribution >= 4 is 37.4 Å². The van der Waals surface area contributed by atoms with Crippen molar-refractivity contribution in [2.45, 2.75) is 25.6 Å². The van der Waals surface area contributed by atoms with E-state index < -0.39 is 0 Å². The van der Waals surface area contributed by atoms with Crippen LogP contribution in [0.4, 0.5) is 0 Å². The smallest absolute Gasteiger partial charge is 0.0814 e. The van der Waals surface area contributed by atoms with E-state index in [4.69, 9.17) is 4.74 Å². The van der Waals surface area contributed by atoms with E-state index in [1.807, 2.05) is 11.3 Å². The van der Waals surface area contributed by atoms with Gasteiger partial charge < -0.3 is 9.64 Å². The maximum atomic E-state index is 6.22. The topological polar surface area (TPSA) is 12.5 Å². The number of thiophene rings is 1. The molecule has 2 bridgehead atoms. The fraction of sp³-hybridized carbons (Fsp3) is 0.500. The second-order valence-electron chi connectivity index (χ2n) is 5.88. The highest BCUT2D eigenvalue weighted by Gasteiger charge is 2.34. The Bertz CT molecular complexity index is 618. The van der Waals surface area contributed by atoms with Crippen LogP contribution in [0, 0.1) is 5.92 Å². The first-order valence-electron chi connectivity index (χ1n) is 7.30. The van der Waals surface area contributed by atoms with E-state index in [2.05, 4.69) is 45.1 Å². The van der Waals surface area contributed by atoms with Crippen LogP contribution in [0.25, 0.3) is 10.1 Å². The van der Waals surface area contributed by atoms with Crippen molar-refractivity contribution in [3.05, 3.63) is 33.6 Å². The summed E-state index contributed by atoms with van der Waals surface area (Å²) in [5, 5.41) is 1.32. The molecule has 3 aliphatic rings. The van der Waals surface area contributed by atoms with Gasteiger partial charge in [0.15, 0.2) is 0 Å². The highest BCUT2D eigenvalue weighted by atomic mass is 79.9. The van der Waals surface area contributed by atoms with E-state index in [0.29, 0.717) is 6.10 Å². The van der Waals surface area contributed by atoms with Gasteiger partial charge in [-0.2, -0.15) is 0 Å². The van der Waals surface area contributed by atoms with Crippen molar-refractivity contribution in [1.82, 2.24) is 4.90 Å². The van der Waals surface area contributed by atoms with Crippen molar-refractivity contribution in [1.29, 1.82) is 0 Å². The molecular weight excluding hydrogens is 334 g/mol. The minimum absolute atomic E-state index is 0.453. The second kappa shape index (κ2) is 5.41. The van der Waals surface area contributed by atoms with Gasteiger partial charge in [0.1, 0.15) is 0 Å². The molecule has 106 valence electrons. The number of rotatable bonds is 3. The minimum Gasteiger partial charge on any atom is -0.371 e. The molecule has 0 unspecified atom stereocenters. The van der Waals surface area contributed by atoms with E-state index in [-0.39, 0.29) is 0 Å². The molecule has 1 aromatic carbocycles. The number of nitrogens with zero attached hydrogens (tertiary/aromatic N) is 1. The molecule has 3 saturated heterocycles. The number of fused-ring (bicyclic) bond motifs is 4. The first-order chi connectivity index (χ1) is 9.78. The quantitative estimate of drug-likeness (QED) is 0.818. The van der Waals surface area contributed by atoms with Crippen LogP contribution in [-0.4, -0.2) is 30.6 Å². The molecule has 0 aliphatic carbocycles. The molecule has 2 nitrogen and oxygen atoms in total. The van der Waals surface area contributed by atoms with Gasteiger partial charge in [0.2, 0.25) is 0 Å². The summed E-state index contributed by atoms with van der Waals surface area (Å²) < 4.78 is 8.71. The Morgan fingerprint density at radius 1 is 1.25 bits per heavy atom. The molecule has 3 fully saturated rings. The number of hydrogen-bond donors (Lipinski definition) is 0. The maximum absolute atomic E-state index is 6.22. The number of hydrogen-bond acceptors (Lipinski definition) is 3. The van der Waals surface area contributed by atoms with Crippen LogP contribution >= 0.6 is 27.3 Å². The summed E-state index contributed by atoms with van der Waals surface area (Å²) in [5.41, 5.74) is 0. The maximum Gasteiger partial charge on any atom is 0.0814 e. The second-order valence-corrected chi connectivity index (χ2v) is 7.97. The number of ether oxygens (including phenoxy) is 1. The molecule has 1 aromatic heterocycles. The third-order valence-electron chi connectivity index (χ3n) is 4.57. The fourth-order valence-electron chi connectivity index (χ4n) is 3.43. The van der Waals surface area contributed by atoms with Gasteiger partial charge in [-0.3, -0.25) is 0 Å². The zero-order valence-corrected chi connectivity index (χ0v) is 13.8. The van der Waals surface area contributed by atoms with E-state index in [0.717, 1.165) is 23.5 Å². The lowest BCUT2D eigenvalue weighted by molar-refractivity contribution is -0.0758. The monoisotopic (exact) mass is 351 g/mol. The van der Waals surface area contributed by atoms with Crippen LogP contribution in [0.5, 0.6) is 0 Å². The predicted octanol–water partition coefficient (Wildman–Crippen LogP) is 4.27. The van der Waals surface area contributed by atoms with Gasteiger partial charge >= 0.3 is 0 Å². The summed E-state index contributed by atoms with van der Waals surface area (Å²) in [6, 6.07) is 8.74. The van der Waals surface area contributed by atoms with Crippen LogP contribution in [0.2, 0.25) is 0 Å². The Morgan fingerprint density at radius 2 is 2.10 bits per heavy atom. The summed E-state index contributed by atoms with van der Waals surface area (Å²) in [5.74, 6) is 0.795. The molecule has 0 N–H and O–H groups in total. The van der Waals surface area contributed by atoms with Crippen LogP contribution < -0.4 is 0 Å². The molecule has 20 heavy (non-hydrogen) atoms. The van der Waals surface area contributed by atoms with Crippen molar-refractivity contribution in [3.8, 4) is 0 Å². The normalized spacial score (nSPS) is 29.1. The summed E-state index contributed by atoms with van der Waals surface area (Å²) >= 11 is 5.39.